The third-order valence-electron chi connectivity index (χ3n) is 3.79. The Kier molecular flexibility index (Phi) is 6.33. The third kappa shape index (κ3) is 4.07. The number of nitrogens with zero attached hydrogens (tertiary/aromatic N) is 2. The molecule has 130 valence electrons. The lowest BCUT2D eigenvalue weighted by Gasteiger charge is -2.11. The standard InChI is InChI=1S/C19H19N3O2.ClH/c1-23-15-7-3-13(4-8-15)17-12-21-18(11-20)22-19(17)14-5-9-16(24-2)10-6-14;/h3-10,12H,11,20H2,1-2H3;1H. The first-order valence-corrected chi connectivity index (χ1v) is 7.60. The average molecular weight is 358 g/mol. The molecule has 1 aromatic heterocycles. The van der Waals surface area contributed by atoms with Gasteiger partial charge in [0.25, 0.3) is 0 Å². The van der Waals surface area contributed by atoms with Gasteiger partial charge in [0.15, 0.2) is 0 Å². The fraction of sp³-hybridized carbons (Fsp3) is 0.158. The van der Waals surface area contributed by atoms with Crippen molar-refractivity contribution in [2.24, 2.45) is 5.73 Å². The second-order valence-corrected chi connectivity index (χ2v) is 5.21. The van der Waals surface area contributed by atoms with Crippen molar-refractivity contribution in [1.82, 2.24) is 9.97 Å². The van der Waals surface area contributed by atoms with Crippen LogP contribution in [0.2, 0.25) is 0 Å². The quantitative estimate of drug-likeness (QED) is 0.753. The number of hydrogen-bond acceptors (Lipinski definition) is 5. The van der Waals surface area contributed by atoms with Gasteiger partial charge < -0.3 is 15.2 Å². The smallest absolute Gasteiger partial charge is 0.142 e. The van der Waals surface area contributed by atoms with Crippen molar-refractivity contribution in [3.63, 3.8) is 0 Å². The number of ether oxygens (including phenoxy) is 2. The Hall–Kier alpha value is -2.63. The number of rotatable bonds is 5. The Balaban J connectivity index is 0.00000225. The fourth-order valence-electron chi connectivity index (χ4n) is 2.47. The minimum Gasteiger partial charge on any atom is -0.497 e. The molecular formula is C19H20ClN3O2. The van der Waals surface area contributed by atoms with Crippen LogP contribution in [0, 0.1) is 0 Å². The van der Waals surface area contributed by atoms with E-state index in [1.165, 1.54) is 0 Å². The maximum absolute atomic E-state index is 5.71. The molecule has 0 unspecified atom stereocenters. The summed E-state index contributed by atoms with van der Waals surface area (Å²) >= 11 is 0. The Morgan fingerprint density at radius 3 is 1.84 bits per heavy atom. The zero-order chi connectivity index (χ0) is 16.9. The van der Waals surface area contributed by atoms with Crippen LogP contribution in [0.15, 0.2) is 54.7 Å². The maximum atomic E-state index is 5.71. The summed E-state index contributed by atoms with van der Waals surface area (Å²) in [6, 6.07) is 15.6. The molecule has 0 saturated carbocycles. The van der Waals surface area contributed by atoms with Crippen LogP contribution in [0.4, 0.5) is 0 Å². The van der Waals surface area contributed by atoms with Crippen molar-refractivity contribution in [3.8, 4) is 33.9 Å². The molecule has 3 aromatic rings. The van der Waals surface area contributed by atoms with E-state index in [2.05, 4.69) is 9.97 Å². The van der Waals surface area contributed by atoms with E-state index >= 15 is 0 Å². The largest absolute Gasteiger partial charge is 0.497 e. The first-order valence-electron chi connectivity index (χ1n) is 7.60. The minimum absolute atomic E-state index is 0. The van der Waals surface area contributed by atoms with Crippen LogP contribution in [-0.4, -0.2) is 24.2 Å². The maximum Gasteiger partial charge on any atom is 0.142 e. The van der Waals surface area contributed by atoms with Gasteiger partial charge >= 0.3 is 0 Å². The van der Waals surface area contributed by atoms with Gasteiger partial charge in [0, 0.05) is 17.3 Å². The summed E-state index contributed by atoms with van der Waals surface area (Å²) in [5.41, 5.74) is 9.50. The number of halogens is 1. The van der Waals surface area contributed by atoms with Crippen molar-refractivity contribution < 1.29 is 9.47 Å². The average Bonchev–Trinajstić information content (AvgIpc) is 2.67. The summed E-state index contributed by atoms with van der Waals surface area (Å²) in [4.78, 5) is 8.97. The lowest BCUT2D eigenvalue weighted by atomic mass is 10.0. The highest BCUT2D eigenvalue weighted by Gasteiger charge is 2.12. The van der Waals surface area contributed by atoms with Crippen molar-refractivity contribution >= 4 is 12.4 Å². The second-order valence-electron chi connectivity index (χ2n) is 5.21. The predicted octanol–water partition coefficient (Wildman–Crippen LogP) is 3.71. The summed E-state index contributed by atoms with van der Waals surface area (Å²) in [6.07, 6.45) is 1.82. The Morgan fingerprint density at radius 2 is 1.36 bits per heavy atom. The van der Waals surface area contributed by atoms with E-state index in [4.69, 9.17) is 15.2 Å². The van der Waals surface area contributed by atoms with Crippen LogP contribution in [0.3, 0.4) is 0 Å². The molecule has 3 rings (SSSR count). The highest BCUT2D eigenvalue weighted by molar-refractivity contribution is 5.85. The minimum atomic E-state index is 0. The molecule has 1 heterocycles. The molecule has 0 atom stereocenters. The van der Waals surface area contributed by atoms with Gasteiger partial charge in [-0.25, -0.2) is 9.97 Å². The molecule has 0 spiro atoms. The van der Waals surface area contributed by atoms with Gasteiger partial charge in [0.1, 0.15) is 17.3 Å². The Morgan fingerprint density at radius 1 is 0.840 bits per heavy atom. The monoisotopic (exact) mass is 357 g/mol. The Bertz CT molecular complexity index is 821. The van der Waals surface area contributed by atoms with Gasteiger partial charge in [0.05, 0.1) is 26.5 Å². The molecule has 0 aliphatic heterocycles. The SMILES string of the molecule is COc1ccc(-c2cnc(CN)nc2-c2ccc(OC)cc2)cc1.Cl. The molecule has 0 amide bonds. The van der Waals surface area contributed by atoms with Gasteiger partial charge in [-0.3, -0.25) is 0 Å². The van der Waals surface area contributed by atoms with Gasteiger partial charge in [0.2, 0.25) is 0 Å². The van der Waals surface area contributed by atoms with E-state index in [0.29, 0.717) is 12.4 Å². The molecule has 0 saturated heterocycles. The van der Waals surface area contributed by atoms with E-state index < -0.39 is 0 Å². The molecular weight excluding hydrogens is 338 g/mol. The van der Waals surface area contributed by atoms with Crippen molar-refractivity contribution in [3.05, 3.63) is 60.6 Å². The van der Waals surface area contributed by atoms with E-state index in [1.54, 1.807) is 14.2 Å². The number of aromatic nitrogens is 2. The van der Waals surface area contributed by atoms with Crippen molar-refractivity contribution in [2.45, 2.75) is 6.54 Å². The van der Waals surface area contributed by atoms with E-state index in [-0.39, 0.29) is 12.4 Å². The first-order chi connectivity index (χ1) is 11.7. The van der Waals surface area contributed by atoms with Gasteiger partial charge in [-0.05, 0) is 42.0 Å². The highest BCUT2D eigenvalue weighted by atomic mass is 35.5. The fourth-order valence-corrected chi connectivity index (χ4v) is 2.47. The van der Waals surface area contributed by atoms with Crippen LogP contribution in [0.1, 0.15) is 5.82 Å². The zero-order valence-electron chi connectivity index (χ0n) is 14.1. The predicted molar refractivity (Wildman–Crippen MR) is 101 cm³/mol. The Labute approximate surface area is 153 Å². The molecule has 0 radical (unpaired) electrons. The van der Waals surface area contributed by atoms with E-state index in [9.17, 15) is 0 Å². The molecule has 6 heteroatoms. The van der Waals surface area contributed by atoms with E-state index in [1.807, 2.05) is 54.7 Å². The number of nitrogens with two attached hydrogens (primary N) is 1. The topological polar surface area (TPSA) is 70.3 Å². The molecule has 0 aliphatic carbocycles. The van der Waals surface area contributed by atoms with Gasteiger partial charge in [-0.15, -0.1) is 12.4 Å². The third-order valence-corrected chi connectivity index (χ3v) is 3.79. The van der Waals surface area contributed by atoms with Crippen LogP contribution in [0.5, 0.6) is 11.5 Å². The molecule has 5 nitrogen and oxygen atoms in total. The van der Waals surface area contributed by atoms with Crippen LogP contribution < -0.4 is 15.2 Å². The first kappa shape index (κ1) is 18.7. The van der Waals surface area contributed by atoms with Crippen LogP contribution >= 0.6 is 12.4 Å². The molecule has 0 aliphatic rings. The molecule has 2 N–H and O–H groups in total. The van der Waals surface area contributed by atoms with Gasteiger partial charge in [-0.2, -0.15) is 0 Å². The highest BCUT2D eigenvalue weighted by Crippen LogP contribution is 2.31. The van der Waals surface area contributed by atoms with Gasteiger partial charge in [-0.1, -0.05) is 12.1 Å². The number of hydrogen-bond donors (Lipinski definition) is 1. The second kappa shape index (κ2) is 8.46. The summed E-state index contributed by atoms with van der Waals surface area (Å²) in [6.45, 7) is 0.298. The molecule has 0 fully saturated rings. The summed E-state index contributed by atoms with van der Waals surface area (Å²) < 4.78 is 10.4. The summed E-state index contributed by atoms with van der Waals surface area (Å²) in [5, 5.41) is 0. The lowest BCUT2D eigenvalue weighted by Crippen LogP contribution is -2.04. The lowest BCUT2D eigenvalue weighted by molar-refractivity contribution is 0.414. The van der Waals surface area contributed by atoms with Crippen molar-refractivity contribution in [1.29, 1.82) is 0 Å². The molecule has 0 bridgehead atoms. The molecule has 25 heavy (non-hydrogen) atoms. The number of benzene rings is 2. The summed E-state index contributed by atoms with van der Waals surface area (Å²) in [7, 11) is 3.30. The summed E-state index contributed by atoms with van der Waals surface area (Å²) in [5.74, 6) is 2.22. The number of methoxy groups -OCH3 is 2. The zero-order valence-corrected chi connectivity index (χ0v) is 14.9. The molecule has 2 aromatic carbocycles. The van der Waals surface area contributed by atoms with Crippen molar-refractivity contribution in [2.75, 3.05) is 14.2 Å². The van der Waals surface area contributed by atoms with Crippen LogP contribution in [0.25, 0.3) is 22.4 Å². The normalized spacial score (nSPS) is 10.0. The van der Waals surface area contributed by atoms with Crippen LogP contribution in [-0.2, 0) is 6.54 Å². The van der Waals surface area contributed by atoms with E-state index in [0.717, 1.165) is 33.9 Å².